The van der Waals surface area contributed by atoms with Crippen molar-refractivity contribution in [1.82, 2.24) is 10.6 Å². The van der Waals surface area contributed by atoms with E-state index < -0.39 is 0 Å². The molecule has 6 heteroatoms. The van der Waals surface area contributed by atoms with Crippen molar-refractivity contribution in [2.24, 2.45) is 4.99 Å². The summed E-state index contributed by atoms with van der Waals surface area (Å²) in [7, 11) is 1.69. The van der Waals surface area contributed by atoms with Gasteiger partial charge in [-0.3, -0.25) is 0 Å². The van der Waals surface area contributed by atoms with Crippen molar-refractivity contribution < 1.29 is 4.74 Å². The molecule has 0 radical (unpaired) electrons. The van der Waals surface area contributed by atoms with Gasteiger partial charge in [0.25, 0.3) is 0 Å². The predicted octanol–water partition coefficient (Wildman–Crippen LogP) is 3.99. The zero-order valence-corrected chi connectivity index (χ0v) is 19.6. The van der Waals surface area contributed by atoms with Crippen LogP contribution in [0.15, 0.2) is 65.7 Å². The van der Waals surface area contributed by atoms with E-state index in [2.05, 4.69) is 71.0 Å². The molecule has 0 atom stereocenters. The fourth-order valence-corrected chi connectivity index (χ4v) is 3.17. The smallest absolute Gasteiger partial charge is 0.191 e. The first-order valence-corrected chi connectivity index (χ1v) is 9.92. The van der Waals surface area contributed by atoms with Crippen LogP contribution in [0.3, 0.4) is 0 Å². The van der Waals surface area contributed by atoms with Crippen LogP contribution in [-0.2, 0) is 13.0 Å². The average molecular weight is 506 g/mol. The molecule has 0 amide bonds. The van der Waals surface area contributed by atoms with E-state index in [9.17, 15) is 0 Å². The van der Waals surface area contributed by atoms with E-state index in [0.717, 1.165) is 44.3 Å². The molecular weight excluding hydrogens is 475 g/mol. The number of nitrogens with one attached hydrogen (secondary N) is 2. The van der Waals surface area contributed by atoms with E-state index in [4.69, 9.17) is 9.73 Å². The van der Waals surface area contributed by atoms with Crippen LogP contribution < -0.4 is 20.3 Å². The van der Waals surface area contributed by atoms with Crippen LogP contribution >= 0.6 is 24.0 Å². The molecule has 1 aliphatic heterocycles. The number of hydrogen-bond donors (Lipinski definition) is 2. The molecule has 0 saturated carbocycles. The van der Waals surface area contributed by atoms with E-state index in [-0.39, 0.29) is 24.0 Å². The molecule has 2 aromatic rings. The van der Waals surface area contributed by atoms with Crippen molar-refractivity contribution in [2.45, 2.75) is 19.9 Å². The molecule has 0 aliphatic carbocycles. The lowest BCUT2D eigenvalue weighted by molar-refractivity contribution is 0.414. The first-order chi connectivity index (χ1) is 13.8. The maximum atomic E-state index is 5.21. The molecule has 0 bridgehead atoms. The second-order valence-electron chi connectivity index (χ2n) is 6.77. The highest BCUT2D eigenvalue weighted by Gasteiger charge is 2.07. The summed E-state index contributed by atoms with van der Waals surface area (Å²) in [5, 5.41) is 6.75. The van der Waals surface area contributed by atoms with Crippen LogP contribution in [0.25, 0.3) is 0 Å². The topological polar surface area (TPSA) is 48.9 Å². The fourth-order valence-electron chi connectivity index (χ4n) is 3.17. The lowest BCUT2D eigenvalue weighted by Gasteiger charge is -2.18. The van der Waals surface area contributed by atoms with Gasteiger partial charge >= 0.3 is 0 Å². The number of ether oxygens (including phenoxy) is 1. The van der Waals surface area contributed by atoms with Crippen molar-refractivity contribution in [3.63, 3.8) is 0 Å². The fraction of sp³-hybridized carbons (Fsp3) is 0.348. The van der Waals surface area contributed by atoms with Gasteiger partial charge < -0.3 is 20.3 Å². The van der Waals surface area contributed by atoms with Gasteiger partial charge in [0, 0.05) is 31.9 Å². The molecular formula is C23H31IN4O. The van der Waals surface area contributed by atoms with E-state index in [1.165, 1.54) is 16.8 Å². The van der Waals surface area contributed by atoms with E-state index in [1.54, 1.807) is 7.11 Å². The third-order valence-corrected chi connectivity index (χ3v) is 4.72. The van der Waals surface area contributed by atoms with Gasteiger partial charge in [-0.05, 0) is 48.7 Å². The van der Waals surface area contributed by atoms with Crippen molar-refractivity contribution >= 4 is 35.6 Å². The van der Waals surface area contributed by atoms with Gasteiger partial charge in [0.15, 0.2) is 5.96 Å². The Bertz CT molecular complexity index is 797. The van der Waals surface area contributed by atoms with Gasteiger partial charge in [-0.1, -0.05) is 36.4 Å². The molecule has 0 saturated heterocycles. The van der Waals surface area contributed by atoms with E-state index in [1.807, 2.05) is 12.1 Å². The number of aliphatic imine (C=N–C) groups is 1. The normalized spacial score (nSPS) is 13.2. The van der Waals surface area contributed by atoms with Crippen LogP contribution in [0.2, 0.25) is 0 Å². The second-order valence-corrected chi connectivity index (χ2v) is 6.77. The van der Waals surface area contributed by atoms with Gasteiger partial charge in [-0.15, -0.1) is 24.0 Å². The highest BCUT2D eigenvalue weighted by Crippen LogP contribution is 2.19. The second kappa shape index (κ2) is 12.4. The molecule has 0 unspecified atom stereocenters. The molecule has 2 N–H and O–H groups in total. The maximum Gasteiger partial charge on any atom is 0.191 e. The largest absolute Gasteiger partial charge is 0.497 e. The minimum absolute atomic E-state index is 0. The molecule has 2 aromatic carbocycles. The molecule has 29 heavy (non-hydrogen) atoms. The molecule has 0 spiro atoms. The van der Waals surface area contributed by atoms with Crippen LogP contribution in [0, 0.1) is 0 Å². The van der Waals surface area contributed by atoms with Crippen molar-refractivity contribution in [2.75, 3.05) is 38.2 Å². The monoisotopic (exact) mass is 506 g/mol. The summed E-state index contributed by atoms with van der Waals surface area (Å²) in [6.45, 7) is 6.39. The third-order valence-electron chi connectivity index (χ3n) is 4.72. The number of halogens is 1. The van der Waals surface area contributed by atoms with Gasteiger partial charge in [-0.25, -0.2) is 4.99 Å². The van der Waals surface area contributed by atoms with Gasteiger partial charge in [0.1, 0.15) is 5.75 Å². The number of benzene rings is 2. The van der Waals surface area contributed by atoms with E-state index >= 15 is 0 Å². The third kappa shape index (κ3) is 7.27. The first-order valence-electron chi connectivity index (χ1n) is 9.92. The SMILES string of the molecule is CCNC(=NCc1cccc(N2CC=CC2)c1)NCCc1ccc(OC)cc1.I. The molecule has 0 aromatic heterocycles. The number of anilines is 1. The number of nitrogens with zero attached hydrogens (tertiary/aromatic N) is 2. The number of hydrogen-bond acceptors (Lipinski definition) is 3. The van der Waals surface area contributed by atoms with Crippen LogP contribution in [0.4, 0.5) is 5.69 Å². The lowest BCUT2D eigenvalue weighted by Crippen LogP contribution is -2.38. The molecule has 3 rings (SSSR count). The van der Waals surface area contributed by atoms with Gasteiger partial charge in [0.2, 0.25) is 0 Å². The average Bonchev–Trinajstić information content (AvgIpc) is 3.28. The summed E-state index contributed by atoms with van der Waals surface area (Å²) in [5.74, 6) is 1.74. The molecule has 5 nitrogen and oxygen atoms in total. The highest BCUT2D eigenvalue weighted by molar-refractivity contribution is 14.0. The van der Waals surface area contributed by atoms with Crippen LogP contribution in [-0.4, -0.2) is 39.2 Å². The quantitative estimate of drug-likeness (QED) is 0.246. The zero-order valence-electron chi connectivity index (χ0n) is 17.2. The predicted molar refractivity (Wildman–Crippen MR) is 133 cm³/mol. The minimum atomic E-state index is 0. The summed E-state index contributed by atoms with van der Waals surface area (Å²) < 4.78 is 5.21. The summed E-state index contributed by atoms with van der Waals surface area (Å²) in [5.41, 5.74) is 3.75. The minimum Gasteiger partial charge on any atom is -0.497 e. The van der Waals surface area contributed by atoms with Crippen molar-refractivity contribution in [1.29, 1.82) is 0 Å². The Labute approximate surface area is 191 Å². The molecule has 0 fully saturated rings. The standard InChI is InChI=1S/C23H30N4O.HI/c1-3-24-23(25-14-13-19-9-11-22(28-2)12-10-19)26-18-20-7-6-8-21(17-20)27-15-4-5-16-27;/h4-12,17H,3,13-16,18H2,1-2H3,(H2,24,25,26);1H. The number of guanidine groups is 1. The Hall–Kier alpha value is -2.22. The Kier molecular flexibility index (Phi) is 9.83. The van der Waals surface area contributed by atoms with Gasteiger partial charge in [0.05, 0.1) is 13.7 Å². The van der Waals surface area contributed by atoms with Gasteiger partial charge in [-0.2, -0.15) is 0 Å². The molecule has 1 heterocycles. The Morgan fingerprint density at radius 1 is 1.03 bits per heavy atom. The summed E-state index contributed by atoms with van der Waals surface area (Å²) in [6, 6.07) is 16.8. The number of methoxy groups -OCH3 is 1. The number of rotatable bonds is 8. The summed E-state index contributed by atoms with van der Waals surface area (Å²) >= 11 is 0. The highest BCUT2D eigenvalue weighted by atomic mass is 127. The van der Waals surface area contributed by atoms with E-state index in [0.29, 0.717) is 6.54 Å². The van der Waals surface area contributed by atoms with Crippen molar-refractivity contribution in [3.8, 4) is 5.75 Å². The Morgan fingerprint density at radius 3 is 2.48 bits per heavy atom. The summed E-state index contributed by atoms with van der Waals surface area (Å²) in [4.78, 5) is 7.10. The van der Waals surface area contributed by atoms with Crippen molar-refractivity contribution in [3.05, 3.63) is 71.8 Å². The Balaban J connectivity index is 0.00000300. The maximum absolute atomic E-state index is 5.21. The van der Waals surface area contributed by atoms with Crippen LogP contribution in [0.1, 0.15) is 18.1 Å². The Morgan fingerprint density at radius 2 is 1.79 bits per heavy atom. The zero-order chi connectivity index (χ0) is 19.6. The summed E-state index contributed by atoms with van der Waals surface area (Å²) in [6.07, 6.45) is 5.35. The first kappa shape index (κ1) is 23.1. The molecule has 1 aliphatic rings. The van der Waals surface area contributed by atoms with Crippen LogP contribution in [0.5, 0.6) is 5.75 Å². The molecule has 156 valence electrons. The lowest BCUT2D eigenvalue weighted by atomic mass is 10.1.